The van der Waals surface area contributed by atoms with Crippen LogP contribution in [0.4, 0.5) is 0 Å². The number of carbonyl (C=O) groups excluding carboxylic acids is 1. The molecule has 0 spiro atoms. The first kappa shape index (κ1) is 13.5. The van der Waals surface area contributed by atoms with Gasteiger partial charge in [-0.05, 0) is 24.8 Å². The fourth-order valence-corrected chi connectivity index (χ4v) is 2.86. The summed E-state index contributed by atoms with van der Waals surface area (Å²) in [5.74, 6) is 0.822. The summed E-state index contributed by atoms with van der Waals surface area (Å²) < 4.78 is 4.99. The van der Waals surface area contributed by atoms with E-state index in [0.29, 0.717) is 18.9 Å². The number of hydrogen-bond donors (Lipinski definition) is 0. The lowest BCUT2D eigenvalue weighted by Crippen LogP contribution is -2.33. The number of aromatic nitrogens is 2. The van der Waals surface area contributed by atoms with Crippen molar-refractivity contribution in [3.63, 3.8) is 0 Å². The van der Waals surface area contributed by atoms with E-state index in [1.54, 1.807) is 13.4 Å². The average Bonchev–Trinajstić information content (AvgIpc) is 3.30. The summed E-state index contributed by atoms with van der Waals surface area (Å²) in [7, 11) is 1.63. The Balaban J connectivity index is 1.71. The van der Waals surface area contributed by atoms with Gasteiger partial charge in [-0.15, -0.1) is 0 Å². The first-order chi connectivity index (χ1) is 9.79. The molecular weight excluding hydrogens is 254 g/mol. The second-order valence-electron chi connectivity index (χ2n) is 5.58. The van der Waals surface area contributed by atoms with Crippen LogP contribution in [0.5, 0.6) is 0 Å². The van der Waals surface area contributed by atoms with Gasteiger partial charge in [0.1, 0.15) is 6.33 Å². The van der Waals surface area contributed by atoms with Crippen LogP contribution in [0.15, 0.2) is 6.33 Å². The van der Waals surface area contributed by atoms with E-state index in [1.807, 2.05) is 4.90 Å². The number of ether oxygens (including phenoxy) is 1. The Hall–Kier alpha value is -1.49. The number of rotatable bonds is 4. The van der Waals surface area contributed by atoms with Crippen LogP contribution in [-0.4, -0.2) is 47.6 Å². The van der Waals surface area contributed by atoms with Crippen molar-refractivity contribution < 1.29 is 9.53 Å². The number of amides is 1. The molecular formula is C15H21N3O2. The van der Waals surface area contributed by atoms with E-state index in [-0.39, 0.29) is 5.91 Å². The number of carbonyl (C=O) groups is 1. The Bertz CT molecular complexity index is 500. The summed E-state index contributed by atoms with van der Waals surface area (Å²) in [5.41, 5.74) is 3.68. The van der Waals surface area contributed by atoms with E-state index in [2.05, 4.69) is 9.97 Å². The predicted molar refractivity (Wildman–Crippen MR) is 74.5 cm³/mol. The van der Waals surface area contributed by atoms with Gasteiger partial charge >= 0.3 is 0 Å². The highest BCUT2D eigenvalue weighted by molar-refractivity contribution is 5.76. The molecule has 1 aromatic rings. The molecule has 0 aromatic carbocycles. The molecule has 2 heterocycles. The maximum absolute atomic E-state index is 12.1. The van der Waals surface area contributed by atoms with Gasteiger partial charge in [0, 0.05) is 38.2 Å². The molecule has 20 heavy (non-hydrogen) atoms. The minimum absolute atomic E-state index is 0.181. The van der Waals surface area contributed by atoms with Gasteiger partial charge in [0.05, 0.1) is 18.7 Å². The predicted octanol–water partition coefficient (Wildman–Crippen LogP) is 1.32. The molecule has 1 aliphatic carbocycles. The van der Waals surface area contributed by atoms with Gasteiger partial charge in [-0.1, -0.05) is 0 Å². The lowest BCUT2D eigenvalue weighted by atomic mass is 10.0. The summed E-state index contributed by atoms with van der Waals surface area (Å²) >= 11 is 0. The van der Waals surface area contributed by atoms with Gasteiger partial charge in [0.2, 0.25) is 5.91 Å². The maximum Gasteiger partial charge on any atom is 0.224 e. The lowest BCUT2D eigenvalue weighted by Gasteiger charge is -2.19. The molecule has 0 radical (unpaired) electrons. The minimum Gasteiger partial charge on any atom is -0.384 e. The minimum atomic E-state index is 0.181. The van der Waals surface area contributed by atoms with Crippen LogP contribution >= 0.6 is 0 Å². The fraction of sp³-hybridized carbons (Fsp3) is 0.667. The quantitative estimate of drug-likeness (QED) is 0.831. The molecule has 1 fully saturated rings. The first-order valence-electron chi connectivity index (χ1n) is 7.39. The van der Waals surface area contributed by atoms with Crippen molar-refractivity contribution in [1.82, 2.24) is 14.9 Å². The zero-order valence-corrected chi connectivity index (χ0v) is 12.0. The number of methoxy groups -OCH3 is 1. The Labute approximate surface area is 119 Å². The SMILES string of the molecule is COCCC(=O)N1CCc2ncnc(C3CC3)c2CC1. The van der Waals surface area contributed by atoms with Crippen molar-refractivity contribution in [3.8, 4) is 0 Å². The Morgan fingerprint density at radius 2 is 2.15 bits per heavy atom. The van der Waals surface area contributed by atoms with E-state index in [4.69, 9.17) is 4.74 Å². The normalized spacial score (nSPS) is 18.6. The van der Waals surface area contributed by atoms with Crippen molar-refractivity contribution >= 4 is 5.91 Å². The molecule has 2 aliphatic rings. The largest absolute Gasteiger partial charge is 0.384 e. The molecule has 1 aromatic heterocycles. The van der Waals surface area contributed by atoms with Gasteiger partial charge < -0.3 is 9.64 Å². The second kappa shape index (κ2) is 5.87. The zero-order valence-electron chi connectivity index (χ0n) is 12.0. The lowest BCUT2D eigenvalue weighted by molar-refractivity contribution is -0.132. The number of hydrogen-bond acceptors (Lipinski definition) is 4. The third kappa shape index (κ3) is 2.82. The van der Waals surface area contributed by atoms with Crippen LogP contribution in [0, 0.1) is 0 Å². The highest BCUT2D eigenvalue weighted by Gasteiger charge is 2.30. The van der Waals surface area contributed by atoms with Crippen LogP contribution in [0.2, 0.25) is 0 Å². The molecule has 1 amide bonds. The molecule has 1 aliphatic heterocycles. The van der Waals surface area contributed by atoms with Crippen molar-refractivity contribution in [3.05, 3.63) is 23.3 Å². The smallest absolute Gasteiger partial charge is 0.224 e. The van der Waals surface area contributed by atoms with Crippen LogP contribution in [-0.2, 0) is 22.4 Å². The summed E-state index contributed by atoms with van der Waals surface area (Å²) in [6.45, 7) is 2.04. The van der Waals surface area contributed by atoms with Crippen LogP contribution in [0.3, 0.4) is 0 Å². The van der Waals surface area contributed by atoms with E-state index in [0.717, 1.165) is 31.6 Å². The molecule has 0 N–H and O–H groups in total. The van der Waals surface area contributed by atoms with Crippen LogP contribution < -0.4 is 0 Å². The van der Waals surface area contributed by atoms with Crippen molar-refractivity contribution in [2.75, 3.05) is 26.8 Å². The highest BCUT2D eigenvalue weighted by Crippen LogP contribution is 2.41. The van der Waals surface area contributed by atoms with Gasteiger partial charge in [0.25, 0.3) is 0 Å². The van der Waals surface area contributed by atoms with Crippen molar-refractivity contribution in [2.24, 2.45) is 0 Å². The Morgan fingerprint density at radius 1 is 1.35 bits per heavy atom. The summed E-state index contributed by atoms with van der Waals surface area (Å²) in [5, 5.41) is 0. The molecule has 108 valence electrons. The maximum atomic E-state index is 12.1. The second-order valence-corrected chi connectivity index (χ2v) is 5.58. The highest BCUT2D eigenvalue weighted by atomic mass is 16.5. The molecule has 0 saturated heterocycles. The van der Waals surface area contributed by atoms with E-state index < -0.39 is 0 Å². The average molecular weight is 275 g/mol. The molecule has 0 bridgehead atoms. The van der Waals surface area contributed by atoms with Gasteiger partial charge in [-0.3, -0.25) is 4.79 Å². The molecule has 0 unspecified atom stereocenters. The van der Waals surface area contributed by atoms with Crippen LogP contribution in [0.25, 0.3) is 0 Å². The standard InChI is InChI=1S/C15H21N3O2/c1-20-9-6-14(19)18-7-4-12-13(5-8-18)16-10-17-15(12)11-2-3-11/h10-11H,2-9H2,1H3. The van der Waals surface area contributed by atoms with E-state index in [1.165, 1.54) is 24.1 Å². The molecule has 0 atom stereocenters. The number of nitrogens with zero attached hydrogens (tertiary/aromatic N) is 3. The third-order valence-corrected chi connectivity index (χ3v) is 4.15. The van der Waals surface area contributed by atoms with E-state index >= 15 is 0 Å². The fourth-order valence-electron chi connectivity index (χ4n) is 2.86. The molecule has 5 nitrogen and oxygen atoms in total. The molecule has 3 rings (SSSR count). The van der Waals surface area contributed by atoms with Crippen molar-refractivity contribution in [2.45, 2.75) is 38.0 Å². The van der Waals surface area contributed by atoms with Crippen molar-refractivity contribution in [1.29, 1.82) is 0 Å². The Morgan fingerprint density at radius 3 is 2.90 bits per heavy atom. The third-order valence-electron chi connectivity index (χ3n) is 4.15. The molecule has 5 heteroatoms. The zero-order chi connectivity index (χ0) is 13.9. The first-order valence-corrected chi connectivity index (χ1v) is 7.39. The van der Waals surface area contributed by atoms with Gasteiger partial charge in [-0.2, -0.15) is 0 Å². The Kier molecular flexibility index (Phi) is 3.96. The summed E-state index contributed by atoms with van der Waals surface area (Å²) in [6.07, 6.45) is 6.39. The van der Waals surface area contributed by atoms with Crippen LogP contribution in [0.1, 0.15) is 42.1 Å². The molecule has 1 saturated carbocycles. The summed E-state index contributed by atoms with van der Waals surface area (Å²) in [6, 6.07) is 0. The van der Waals surface area contributed by atoms with Gasteiger partial charge in [0.15, 0.2) is 0 Å². The summed E-state index contributed by atoms with van der Waals surface area (Å²) in [4.78, 5) is 23.0. The number of fused-ring (bicyclic) bond motifs is 1. The monoisotopic (exact) mass is 275 g/mol. The van der Waals surface area contributed by atoms with E-state index in [9.17, 15) is 4.79 Å². The van der Waals surface area contributed by atoms with Gasteiger partial charge in [-0.25, -0.2) is 9.97 Å². The topological polar surface area (TPSA) is 55.3 Å².